The number of carbonyl (C=O) groups is 2. The maximum atomic E-state index is 12.0. The highest BCUT2D eigenvalue weighted by Gasteiger charge is 2.07. The Balaban J connectivity index is 1.58. The molecule has 0 heterocycles. The number of fused-ring (bicyclic) bond motifs is 1. The Morgan fingerprint density at radius 2 is 1.55 bits per heavy atom. The van der Waals surface area contributed by atoms with E-state index in [9.17, 15) is 9.59 Å². The first kappa shape index (κ1) is 20.3. The molecule has 2 amide bonds. The van der Waals surface area contributed by atoms with Gasteiger partial charge in [0.1, 0.15) is 6.61 Å². The van der Waals surface area contributed by atoms with Gasteiger partial charge in [-0.15, -0.1) is 0 Å². The molecule has 0 aromatic heterocycles. The second-order valence-electron chi connectivity index (χ2n) is 6.97. The summed E-state index contributed by atoms with van der Waals surface area (Å²) in [6.45, 7) is 1.03. The van der Waals surface area contributed by atoms with E-state index in [1.165, 1.54) is 17.7 Å². The van der Waals surface area contributed by atoms with Crippen LogP contribution in [0.1, 0.15) is 21.5 Å². The first-order chi connectivity index (χ1) is 13.9. The van der Waals surface area contributed by atoms with Crippen molar-refractivity contribution in [3.05, 3.63) is 77.4 Å². The van der Waals surface area contributed by atoms with Crippen molar-refractivity contribution in [3.63, 3.8) is 0 Å². The molecule has 0 aliphatic rings. The largest absolute Gasteiger partial charge is 0.444 e. The number of carbonyl (C=O) groups excluding carboxylic acids is 2. The number of anilines is 1. The molecule has 3 rings (SSSR count). The van der Waals surface area contributed by atoms with Gasteiger partial charge in [-0.2, -0.15) is 0 Å². The topological polar surface area (TPSA) is 90.9 Å². The number of ether oxygens (including phenoxy) is 1. The molecular weight excluding hydrogens is 370 g/mol. The molecule has 7 nitrogen and oxygen atoms in total. The molecule has 0 fully saturated rings. The summed E-state index contributed by atoms with van der Waals surface area (Å²) in [5.74, 6) is -0.621. The molecule has 0 bridgehead atoms. The Labute approximate surface area is 168 Å². The molecule has 0 spiro atoms. The van der Waals surface area contributed by atoms with E-state index in [0.29, 0.717) is 5.69 Å². The second kappa shape index (κ2) is 9.18. The number of benzene rings is 3. The van der Waals surface area contributed by atoms with Crippen LogP contribution in [-0.2, 0) is 17.9 Å². The summed E-state index contributed by atoms with van der Waals surface area (Å²) in [5.41, 5.74) is 4.44. The van der Waals surface area contributed by atoms with Crippen LogP contribution in [0.2, 0.25) is 0 Å². The maximum Gasteiger partial charge on any atom is 0.411 e. The molecule has 0 aliphatic carbocycles. The third kappa shape index (κ3) is 5.54. The van der Waals surface area contributed by atoms with Crippen LogP contribution < -0.4 is 10.8 Å². The van der Waals surface area contributed by atoms with Crippen LogP contribution in [0.3, 0.4) is 0 Å². The van der Waals surface area contributed by atoms with Gasteiger partial charge in [-0.3, -0.25) is 15.3 Å². The lowest BCUT2D eigenvalue weighted by atomic mass is 10.0. The fourth-order valence-electron chi connectivity index (χ4n) is 2.97. The second-order valence-corrected chi connectivity index (χ2v) is 6.97. The highest BCUT2D eigenvalue weighted by Crippen LogP contribution is 2.19. The average Bonchev–Trinajstić information content (AvgIpc) is 2.71. The zero-order valence-electron chi connectivity index (χ0n) is 16.3. The molecule has 0 aliphatic heterocycles. The Kier molecular flexibility index (Phi) is 6.43. The van der Waals surface area contributed by atoms with E-state index in [2.05, 4.69) is 28.4 Å². The SMILES string of the molecule is CN(C)Cc1ccc2cc(COC(=O)Nc3ccc(C(=O)NO)cc3)ccc2c1. The minimum Gasteiger partial charge on any atom is -0.444 e. The molecule has 0 radical (unpaired) electrons. The third-order valence-corrected chi connectivity index (χ3v) is 4.33. The molecule has 29 heavy (non-hydrogen) atoms. The van der Waals surface area contributed by atoms with Crippen molar-refractivity contribution in [3.8, 4) is 0 Å². The van der Waals surface area contributed by atoms with Gasteiger partial charge in [0, 0.05) is 17.8 Å². The van der Waals surface area contributed by atoms with Crippen molar-refractivity contribution in [2.24, 2.45) is 0 Å². The van der Waals surface area contributed by atoms with Gasteiger partial charge in [0.2, 0.25) is 0 Å². The summed E-state index contributed by atoms with van der Waals surface area (Å²) in [5, 5.41) is 13.4. The minimum atomic E-state index is -0.621. The van der Waals surface area contributed by atoms with Gasteiger partial charge in [0.05, 0.1) is 0 Å². The standard InChI is InChI=1S/C22H23N3O4/c1-25(2)13-15-3-5-19-12-16(4-6-18(19)11-15)14-29-22(27)23-20-9-7-17(8-10-20)21(26)24-28/h3-12,28H,13-14H2,1-2H3,(H,23,27)(H,24,26). The van der Waals surface area contributed by atoms with Crippen LogP contribution in [0.5, 0.6) is 0 Å². The van der Waals surface area contributed by atoms with Crippen molar-refractivity contribution in [2.45, 2.75) is 13.2 Å². The predicted octanol–water partition coefficient (Wildman–Crippen LogP) is 3.77. The van der Waals surface area contributed by atoms with Gasteiger partial charge in [0.25, 0.3) is 5.91 Å². The van der Waals surface area contributed by atoms with E-state index in [1.54, 1.807) is 17.6 Å². The Morgan fingerprint density at radius 3 is 2.17 bits per heavy atom. The highest BCUT2D eigenvalue weighted by molar-refractivity contribution is 5.94. The Bertz CT molecular complexity index is 1020. The van der Waals surface area contributed by atoms with Gasteiger partial charge in [-0.05, 0) is 72.4 Å². The monoisotopic (exact) mass is 393 g/mol. The fourth-order valence-corrected chi connectivity index (χ4v) is 2.97. The predicted molar refractivity (Wildman–Crippen MR) is 111 cm³/mol. The minimum absolute atomic E-state index is 0.145. The molecule has 0 unspecified atom stereocenters. The number of hydrogen-bond donors (Lipinski definition) is 3. The van der Waals surface area contributed by atoms with Gasteiger partial charge < -0.3 is 9.64 Å². The van der Waals surface area contributed by atoms with Crippen LogP contribution >= 0.6 is 0 Å². The summed E-state index contributed by atoms with van der Waals surface area (Å²) in [4.78, 5) is 25.4. The molecule has 3 aromatic carbocycles. The third-order valence-electron chi connectivity index (χ3n) is 4.33. The first-order valence-corrected chi connectivity index (χ1v) is 9.09. The van der Waals surface area contributed by atoms with Crippen molar-refractivity contribution in [2.75, 3.05) is 19.4 Å². The number of hydroxylamine groups is 1. The molecule has 0 saturated carbocycles. The summed E-state index contributed by atoms with van der Waals surface area (Å²) >= 11 is 0. The lowest BCUT2D eigenvalue weighted by Crippen LogP contribution is -2.18. The smallest absolute Gasteiger partial charge is 0.411 e. The number of nitrogens with zero attached hydrogens (tertiary/aromatic N) is 1. The van der Waals surface area contributed by atoms with Gasteiger partial charge >= 0.3 is 6.09 Å². The van der Waals surface area contributed by atoms with E-state index in [4.69, 9.17) is 9.94 Å². The normalized spacial score (nSPS) is 10.8. The zero-order chi connectivity index (χ0) is 20.8. The number of hydrogen-bond acceptors (Lipinski definition) is 5. The molecular formula is C22H23N3O4. The van der Waals surface area contributed by atoms with Crippen LogP contribution in [0.25, 0.3) is 10.8 Å². The summed E-state index contributed by atoms with van der Waals surface area (Å²) in [6, 6.07) is 18.4. The van der Waals surface area contributed by atoms with Gasteiger partial charge in [-0.1, -0.05) is 24.3 Å². The van der Waals surface area contributed by atoms with E-state index in [1.807, 2.05) is 32.3 Å². The Hall–Kier alpha value is -3.42. The number of nitrogens with one attached hydrogen (secondary N) is 2. The van der Waals surface area contributed by atoms with E-state index in [-0.39, 0.29) is 12.2 Å². The molecule has 0 atom stereocenters. The van der Waals surface area contributed by atoms with Crippen molar-refractivity contribution < 1.29 is 19.5 Å². The van der Waals surface area contributed by atoms with Crippen molar-refractivity contribution >= 4 is 28.5 Å². The lowest BCUT2D eigenvalue weighted by Gasteiger charge is -2.11. The van der Waals surface area contributed by atoms with E-state index in [0.717, 1.165) is 22.9 Å². The fraction of sp³-hybridized carbons (Fsp3) is 0.182. The molecule has 150 valence electrons. The highest BCUT2D eigenvalue weighted by atomic mass is 16.5. The van der Waals surface area contributed by atoms with Crippen LogP contribution in [0.4, 0.5) is 10.5 Å². The van der Waals surface area contributed by atoms with Crippen LogP contribution in [-0.4, -0.2) is 36.2 Å². The van der Waals surface area contributed by atoms with E-state index < -0.39 is 12.0 Å². The summed E-state index contributed by atoms with van der Waals surface area (Å²) in [6.07, 6.45) is -0.592. The Morgan fingerprint density at radius 1 is 0.931 bits per heavy atom. The summed E-state index contributed by atoms with van der Waals surface area (Å²) < 4.78 is 5.28. The number of rotatable bonds is 6. The average molecular weight is 393 g/mol. The zero-order valence-corrected chi connectivity index (χ0v) is 16.3. The maximum absolute atomic E-state index is 12.0. The number of amides is 2. The molecule has 0 saturated heterocycles. The quantitative estimate of drug-likeness (QED) is 0.438. The molecule has 3 aromatic rings. The van der Waals surface area contributed by atoms with E-state index >= 15 is 0 Å². The van der Waals surface area contributed by atoms with Crippen molar-refractivity contribution in [1.82, 2.24) is 10.4 Å². The van der Waals surface area contributed by atoms with Gasteiger partial charge in [-0.25, -0.2) is 10.3 Å². The molecule has 7 heteroatoms. The lowest BCUT2D eigenvalue weighted by molar-refractivity contribution is 0.0706. The van der Waals surface area contributed by atoms with Crippen molar-refractivity contribution in [1.29, 1.82) is 0 Å². The first-order valence-electron chi connectivity index (χ1n) is 9.09. The van der Waals surface area contributed by atoms with Crippen LogP contribution in [0.15, 0.2) is 60.7 Å². The van der Waals surface area contributed by atoms with Gasteiger partial charge in [0.15, 0.2) is 0 Å². The molecule has 3 N–H and O–H groups in total. The van der Waals surface area contributed by atoms with Crippen LogP contribution in [0, 0.1) is 0 Å². The summed E-state index contributed by atoms with van der Waals surface area (Å²) in [7, 11) is 4.08.